The molecule has 0 aromatic carbocycles. The van der Waals surface area contributed by atoms with Crippen molar-refractivity contribution in [2.45, 2.75) is 38.3 Å². The first kappa shape index (κ1) is 11.1. The first-order valence-electron chi connectivity index (χ1n) is 5.23. The molecule has 0 radical (unpaired) electrons. The van der Waals surface area contributed by atoms with E-state index in [-0.39, 0.29) is 12.5 Å². The molecule has 1 aliphatic rings. The molecule has 6 heteroatoms. The van der Waals surface area contributed by atoms with Gasteiger partial charge in [0.25, 0.3) is 5.56 Å². The van der Waals surface area contributed by atoms with Gasteiger partial charge in [-0.1, -0.05) is 6.92 Å². The zero-order valence-electron chi connectivity index (χ0n) is 8.85. The zero-order chi connectivity index (χ0) is 11.7. The van der Waals surface area contributed by atoms with E-state index in [1.54, 1.807) is 0 Å². The Morgan fingerprint density at radius 2 is 2.38 bits per heavy atom. The maximum atomic E-state index is 13.6. The standard InChI is InChI=1S/C10H13FN2O3/c1-2-6-5-7(11)9(16-6)13-4-3-8(14)12-10(13)15/h3-4,6-7,9H,2,5H2,1H3,(H,12,14,15). The van der Waals surface area contributed by atoms with Crippen LogP contribution in [-0.4, -0.2) is 21.8 Å². The van der Waals surface area contributed by atoms with Crippen LogP contribution in [0.3, 0.4) is 0 Å². The summed E-state index contributed by atoms with van der Waals surface area (Å²) >= 11 is 0. The molecule has 0 spiro atoms. The molecule has 3 unspecified atom stereocenters. The number of alkyl halides is 1. The molecule has 0 bridgehead atoms. The highest BCUT2D eigenvalue weighted by molar-refractivity contribution is 4.88. The fourth-order valence-corrected chi connectivity index (χ4v) is 1.84. The van der Waals surface area contributed by atoms with Crippen molar-refractivity contribution < 1.29 is 9.13 Å². The van der Waals surface area contributed by atoms with Gasteiger partial charge in [0, 0.05) is 18.7 Å². The molecule has 1 N–H and O–H groups in total. The van der Waals surface area contributed by atoms with Crippen LogP contribution in [0.25, 0.3) is 0 Å². The molecule has 0 amide bonds. The van der Waals surface area contributed by atoms with Gasteiger partial charge in [-0.3, -0.25) is 14.3 Å². The van der Waals surface area contributed by atoms with Crippen molar-refractivity contribution in [1.29, 1.82) is 0 Å². The molecular weight excluding hydrogens is 215 g/mol. The summed E-state index contributed by atoms with van der Waals surface area (Å²) in [4.78, 5) is 24.4. The van der Waals surface area contributed by atoms with E-state index in [2.05, 4.69) is 4.98 Å². The van der Waals surface area contributed by atoms with Gasteiger partial charge < -0.3 is 4.74 Å². The van der Waals surface area contributed by atoms with Gasteiger partial charge in [0.1, 0.15) is 6.17 Å². The molecule has 5 nitrogen and oxygen atoms in total. The van der Waals surface area contributed by atoms with Crippen LogP contribution >= 0.6 is 0 Å². The molecule has 2 rings (SSSR count). The monoisotopic (exact) mass is 228 g/mol. The second-order valence-electron chi connectivity index (χ2n) is 3.83. The molecule has 1 saturated heterocycles. The lowest BCUT2D eigenvalue weighted by molar-refractivity contribution is -0.0223. The number of nitrogens with one attached hydrogen (secondary N) is 1. The van der Waals surface area contributed by atoms with Gasteiger partial charge in [-0.05, 0) is 6.42 Å². The highest BCUT2D eigenvalue weighted by Gasteiger charge is 2.36. The van der Waals surface area contributed by atoms with Crippen LogP contribution in [-0.2, 0) is 4.74 Å². The van der Waals surface area contributed by atoms with E-state index in [9.17, 15) is 14.0 Å². The van der Waals surface area contributed by atoms with Crippen LogP contribution in [0.2, 0.25) is 0 Å². The Morgan fingerprint density at radius 1 is 1.62 bits per heavy atom. The smallest absolute Gasteiger partial charge is 0.330 e. The van der Waals surface area contributed by atoms with E-state index in [0.29, 0.717) is 6.42 Å². The third-order valence-corrected chi connectivity index (χ3v) is 2.71. The molecule has 1 aromatic rings. The van der Waals surface area contributed by atoms with Crippen LogP contribution in [0, 0.1) is 0 Å². The number of H-pyrrole nitrogens is 1. The highest BCUT2D eigenvalue weighted by atomic mass is 19.1. The quantitative estimate of drug-likeness (QED) is 0.805. The Kier molecular flexibility index (Phi) is 2.91. The molecule has 0 aliphatic carbocycles. The summed E-state index contributed by atoms with van der Waals surface area (Å²) in [6.45, 7) is 1.90. The normalized spacial score (nSPS) is 29.5. The lowest BCUT2D eigenvalue weighted by Gasteiger charge is -2.15. The molecular formula is C10H13FN2O3. The van der Waals surface area contributed by atoms with E-state index >= 15 is 0 Å². The van der Waals surface area contributed by atoms with Crippen LogP contribution in [0.4, 0.5) is 4.39 Å². The number of halogens is 1. The van der Waals surface area contributed by atoms with Crippen molar-refractivity contribution >= 4 is 0 Å². The van der Waals surface area contributed by atoms with Crippen molar-refractivity contribution in [2.24, 2.45) is 0 Å². The average Bonchev–Trinajstić information content (AvgIpc) is 2.60. The van der Waals surface area contributed by atoms with Crippen LogP contribution in [0.15, 0.2) is 21.9 Å². The SMILES string of the molecule is CCC1CC(F)C(n2ccc(=O)[nH]c2=O)O1. The largest absolute Gasteiger partial charge is 0.351 e. The van der Waals surface area contributed by atoms with Gasteiger partial charge in [0.2, 0.25) is 0 Å². The second kappa shape index (κ2) is 4.21. The second-order valence-corrected chi connectivity index (χ2v) is 3.83. The summed E-state index contributed by atoms with van der Waals surface area (Å²) in [5.41, 5.74) is -1.14. The van der Waals surface area contributed by atoms with Crippen LogP contribution in [0.5, 0.6) is 0 Å². The third-order valence-electron chi connectivity index (χ3n) is 2.71. The summed E-state index contributed by atoms with van der Waals surface area (Å²) in [5, 5.41) is 0. The summed E-state index contributed by atoms with van der Waals surface area (Å²) < 4.78 is 20.1. The Labute approximate surface area is 90.9 Å². The minimum absolute atomic E-state index is 0.168. The average molecular weight is 228 g/mol. The first-order chi connectivity index (χ1) is 7.61. The zero-order valence-corrected chi connectivity index (χ0v) is 8.85. The lowest BCUT2D eigenvalue weighted by Crippen LogP contribution is -2.34. The number of aromatic nitrogens is 2. The van der Waals surface area contributed by atoms with E-state index < -0.39 is 23.6 Å². The van der Waals surface area contributed by atoms with Crippen molar-refractivity contribution in [2.75, 3.05) is 0 Å². The lowest BCUT2D eigenvalue weighted by atomic mass is 10.2. The predicted octanol–water partition coefficient (Wildman–Crippen LogP) is 0.572. The number of rotatable bonds is 2. The number of aromatic amines is 1. The minimum atomic E-state index is -1.21. The maximum absolute atomic E-state index is 13.6. The fraction of sp³-hybridized carbons (Fsp3) is 0.600. The molecule has 1 aromatic heterocycles. The molecule has 16 heavy (non-hydrogen) atoms. The minimum Gasteiger partial charge on any atom is -0.351 e. The van der Waals surface area contributed by atoms with Crippen molar-refractivity contribution in [1.82, 2.24) is 9.55 Å². The van der Waals surface area contributed by atoms with Crippen molar-refractivity contribution in [3.05, 3.63) is 33.1 Å². The highest BCUT2D eigenvalue weighted by Crippen LogP contribution is 2.31. The van der Waals surface area contributed by atoms with Crippen molar-refractivity contribution in [3.63, 3.8) is 0 Å². The van der Waals surface area contributed by atoms with Crippen LogP contribution < -0.4 is 11.2 Å². The van der Waals surface area contributed by atoms with E-state index in [4.69, 9.17) is 4.74 Å². The Morgan fingerprint density at radius 3 is 2.94 bits per heavy atom. The van der Waals surface area contributed by atoms with Gasteiger partial charge in [0.05, 0.1) is 6.10 Å². The Bertz CT molecular complexity index is 481. The number of ether oxygens (including phenoxy) is 1. The van der Waals surface area contributed by atoms with E-state index in [1.165, 1.54) is 12.3 Å². The summed E-state index contributed by atoms with van der Waals surface area (Å²) in [5.74, 6) is 0. The van der Waals surface area contributed by atoms with E-state index in [1.807, 2.05) is 6.92 Å². The van der Waals surface area contributed by atoms with Gasteiger partial charge >= 0.3 is 5.69 Å². The maximum Gasteiger partial charge on any atom is 0.330 e. The van der Waals surface area contributed by atoms with Gasteiger partial charge in [0.15, 0.2) is 6.23 Å². The fourth-order valence-electron chi connectivity index (χ4n) is 1.84. The number of hydrogen-bond donors (Lipinski definition) is 1. The first-order valence-corrected chi connectivity index (χ1v) is 5.23. The third kappa shape index (κ3) is 1.92. The van der Waals surface area contributed by atoms with Gasteiger partial charge in [-0.15, -0.1) is 0 Å². The van der Waals surface area contributed by atoms with Gasteiger partial charge in [-0.25, -0.2) is 9.18 Å². The van der Waals surface area contributed by atoms with Crippen molar-refractivity contribution in [3.8, 4) is 0 Å². The molecule has 2 heterocycles. The Hall–Kier alpha value is -1.43. The number of nitrogens with zero attached hydrogens (tertiary/aromatic N) is 1. The van der Waals surface area contributed by atoms with Crippen LogP contribution in [0.1, 0.15) is 26.0 Å². The molecule has 1 fully saturated rings. The predicted molar refractivity (Wildman–Crippen MR) is 55.0 cm³/mol. The summed E-state index contributed by atoms with van der Waals surface area (Å²) in [6, 6.07) is 1.18. The summed E-state index contributed by atoms with van der Waals surface area (Å²) in [7, 11) is 0. The van der Waals surface area contributed by atoms with E-state index in [0.717, 1.165) is 4.57 Å². The van der Waals surface area contributed by atoms with Gasteiger partial charge in [-0.2, -0.15) is 0 Å². The molecule has 3 atom stereocenters. The Balaban J connectivity index is 2.31. The topological polar surface area (TPSA) is 64.1 Å². The molecule has 0 saturated carbocycles. The molecule has 1 aliphatic heterocycles. The molecule has 88 valence electrons. The number of hydrogen-bond acceptors (Lipinski definition) is 3. The summed E-state index contributed by atoms with van der Waals surface area (Å²) in [6.07, 6.45) is -0.0558.